The molecule has 3 heterocycles. The average Bonchev–Trinajstić information content (AvgIpc) is 3.62. The summed E-state index contributed by atoms with van der Waals surface area (Å²) in [4.78, 5) is 39.2. The predicted octanol–water partition coefficient (Wildman–Crippen LogP) is 1.47. The molecule has 0 radical (unpaired) electrons. The number of hydrogen-bond donors (Lipinski definition) is 2. The van der Waals surface area contributed by atoms with Crippen LogP contribution in [-0.4, -0.2) is 61.5 Å². The van der Waals surface area contributed by atoms with Gasteiger partial charge in [0.1, 0.15) is 0 Å². The minimum atomic E-state index is -1.45. The second kappa shape index (κ2) is 9.84. The van der Waals surface area contributed by atoms with E-state index < -0.39 is 23.4 Å². The fourth-order valence-electron chi connectivity index (χ4n) is 4.25. The summed E-state index contributed by atoms with van der Waals surface area (Å²) in [5.74, 6) is -1.23. The van der Waals surface area contributed by atoms with E-state index in [0.29, 0.717) is 22.8 Å². The molecular formula is C23H23N7O4S. The summed E-state index contributed by atoms with van der Waals surface area (Å²) in [6.45, 7) is 1.22. The summed E-state index contributed by atoms with van der Waals surface area (Å²) >= 11 is 1.11. The molecule has 1 unspecified atom stereocenters. The fourth-order valence-corrected chi connectivity index (χ4v) is 4.93. The minimum Gasteiger partial charge on any atom is -0.376 e. The third kappa shape index (κ3) is 4.49. The number of carbonyl (C=O) groups is 3. The second-order valence-electron chi connectivity index (χ2n) is 8.16. The molecular weight excluding hydrogens is 470 g/mol. The number of urea groups is 1. The number of thioether (sulfide) groups is 1. The van der Waals surface area contributed by atoms with Crippen LogP contribution in [0.15, 0.2) is 65.8 Å². The molecule has 1 aromatic heterocycles. The second-order valence-corrected chi connectivity index (χ2v) is 9.10. The van der Waals surface area contributed by atoms with E-state index in [9.17, 15) is 14.4 Å². The normalized spacial score (nSPS) is 19.1. The molecule has 2 fully saturated rings. The number of benzene rings is 2. The van der Waals surface area contributed by atoms with Gasteiger partial charge in [0.25, 0.3) is 5.91 Å². The molecule has 3 aromatic rings. The fraction of sp³-hybridized carbons (Fsp3) is 0.304. The van der Waals surface area contributed by atoms with Crippen molar-refractivity contribution in [2.75, 3.05) is 12.4 Å². The topological polar surface area (TPSA) is 131 Å². The maximum absolute atomic E-state index is 13.6. The minimum absolute atomic E-state index is 0.0432. The van der Waals surface area contributed by atoms with E-state index in [1.165, 1.54) is 0 Å². The Kier molecular flexibility index (Phi) is 6.47. The Hall–Kier alpha value is -3.77. The summed E-state index contributed by atoms with van der Waals surface area (Å²) in [7, 11) is 0. The molecule has 1 atom stereocenters. The van der Waals surface area contributed by atoms with Crippen molar-refractivity contribution in [1.82, 2.24) is 36.0 Å². The summed E-state index contributed by atoms with van der Waals surface area (Å²) in [5.41, 5.74) is 2.16. The van der Waals surface area contributed by atoms with Crippen molar-refractivity contribution in [1.29, 1.82) is 0 Å². The van der Waals surface area contributed by atoms with Crippen molar-refractivity contribution >= 4 is 29.6 Å². The van der Waals surface area contributed by atoms with Gasteiger partial charge in [-0.2, -0.15) is 5.01 Å². The van der Waals surface area contributed by atoms with Gasteiger partial charge >= 0.3 is 6.03 Å². The molecule has 2 aliphatic rings. The number of aromatic nitrogens is 4. The number of hydrogen-bond acceptors (Lipinski definition) is 8. The van der Waals surface area contributed by atoms with Crippen molar-refractivity contribution in [2.24, 2.45) is 0 Å². The predicted molar refractivity (Wildman–Crippen MR) is 125 cm³/mol. The van der Waals surface area contributed by atoms with Crippen LogP contribution >= 0.6 is 11.8 Å². The number of imide groups is 1. The highest BCUT2D eigenvalue weighted by molar-refractivity contribution is 7.99. The highest BCUT2D eigenvalue weighted by Crippen LogP contribution is 2.35. The summed E-state index contributed by atoms with van der Waals surface area (Å²) in [6, 6.07) is 17.1. The monoisotopic (exact) mass is 493 g/mol. The zero-order valence-electron chi connectivity index (χ0n) is 18.7. The Labute approximate surface area is 205 Å². The maximum Gasteiger partial charge on any atom is 0.344 e. The SMILES string of the molecule is O=C(CSc1nnnn1CC1CCCO1)NN1C(=O)NC(c2ccccc2)(c2ccccc2)C1=O. The first kappa shape index (κ1) is 23.0. The quantitative estimate of drug-likeness (QED) is 0.356. The molecule has 180 valence electrons. The van der Waals surface area contributed by atoms with Crippen LogP contribution in [0.1, 0.15) is 24.0 Å². The van der Waals surface area contributed by atoms with Gasteiger partial charge in [0, 0.05) is 6.61 Å². The van der Waals surface area contributed by atoms with E-state index >= 15 is 0 Å². The van der Waals surface area contributed by atoms with Crippen molar-refractivity contribution < 1.29 is 19.1 Å². The molecule has 35 heavy (non-hydrogen) atoms. The maximum atomic E-state index is 13.6. The Bertz CT molecular complexity index is 1180. The number of ether oxygens (including phenoxy) is 1. The molecule has 0 aliphatic carbocycles. The van der Waals surface area contributed by atoms with Crippen molar-refractivity contribution in [2.45, 2.75) is 36.2 Å². The van der Waals surface area contributed by atoms with Gasteiger partial charge in [-0.1, -0.05) is 72.4 Å². The van der Waals surface area contributed by atoms with E-state index in [1.54, 1.807) is 53.2 Å². The largest absolute Gasteiger partial charge is 0.376 e. The van der Waals surface area contributed by atoms with Crippen LogP contribution in [0.2, 0.25) is 0 Å². The van der Waals surface area contributed by atoms with Crippen molar-refractivity contribution in [3.05, 3.63) is 71.8 Å². The number of nitrogens with zero attached hydrogens (tertiary/aromatic N) is 5. The van der Waals surface area contributed by atoms with E-state index in [2.05, 4.69) is 26.3 Å². The lowest BCUT2D eigenvalue weighted by Crippen LogP contribution is -2.49. The zero-order valence-corrected chi connectivity index (χ0v) is 19.5. The molecule has 12 heteroatoms. The Morgan fingerprint density at radius 1 is 1.11 bits per heavy atom. The van der Waals surface area contributed by atoms with E-state index in [1.807, 2.05) is 12.1 Å². The van der Waals surface area contributed by atoms with Gasteiger partial charge in [-0.3, -0.25) is 15.0 Å². The van der Waals surface area contributed by atoms with Crippen LogP contribution in [0.4, 0.5) is 4.79 Å². The number of hydrazine groups is 1. The van der Waals surface area contributed by atoms with Gasteiger partial charge < -0.3 is 10.1 Å². The lowest BCUT2D eigenvalue weighted by molar-refractivity contribution is -0.137. The first-order valence-electron chi connectivity index (χ1n) is 11.2. The third-order valence-corrected chi connectivity index (χ3v) is 6.86. The molecule has 2 N–H and O–H groups in total. The molecule has 2 saturated heterocycles. The Balaban J connectivity index is 1.30. The molecule has 0 saturated carbocycles. The van der Waals surface area contributed by atoms with Gasteiger partial charge in [-0.25, -0.2) is 9.48 Å². The average molecular weight is 494 g/mol. The van der Waals surface area contributed by atoms with E-state index in [-0.39, 0.29) is 11.9 Å². The zero-order chi connectivity index (χ0) is 24.3. The number of tetrazole rings is 1. The van der Waals surface area contributed by atoms with Crippen molar-refractivity contribution in [3.8, 4) is 0 Å². The first-order valence-corrected chi connectivity index (χ1v) is 12.1. The summed E-state index contributed by atoms with van der Waals surface area (Å²) < 4.78 is 7.21. The van der Waals surface area contributed by atoms with Crippen molar-refractivity contribution in [3.63, 3.8) is 0 Å². The summed E-state index contributed by atoms with van der Waals surface area (Å²) in [5, 5.41) is 15.6. The van der Waals surface area contributed by atoms with Crippen LogP contribution in [0, 0.1) is 0 Å². The van der Waals surface area contributed by atoms with Crippen LogP contribution < -0.4 is 10.7 Å². The molecule has 2 aliphatic heterocycles. The lowest BCUT2D eigenvalue weighted by Gasteiger charge is -2.27. The third-order valence-electron chi connectivity index (χ3n) is 5.90. The Morgan fingerprint density at radius 2 is 1.80 bits per heavy atom. The molecule has 4 amide bonds. The van der Waals surface area contributed by atoms with Gasteiger partial charge in [0.15, 0.2) is 5.54 Å². The highest BCUT2D eigenvalue weighted by Gasteiger charge is 2.54. The molecule has 2 aromatic carbocycles. The standard InChI is InChI=1S/C23H23N7O4S/c31-19(15-35-22-25-27-28-29(22)14-18-12-7-13-34-18)26-30-20(32)23(24-21(30)33,16-8-3-1-4-9-16)17-10-5-2-6-11-17/h1-6,8-11,18H,7,12-15H2,(H,24,33)(H,26,31). The highest BCUT2D eigenvalue weighted by atomic mass is 32.2. The Morgan fingerprint density at radius 3 is 2.43 bits per heavy atom. The van der Waals surface area contributed by atoms with Crippen LogP contribution in [-0.2, 0) is 26.4 Å². The van der Waals surface area contributed by atoms with Gasteiger partial charge in [-0.15, -0.1) is 5.10 Å². The number of nitrogens with one attached hydrogen (secondary N) is 2. The number of rotatable bonds is 8. The molecule has 0 spiro atoms. The molecule has 0 bridgehead atoms. The van der Waals surface area contributed by atoms with Crippen LogP contribution in [0.3, 0.4) is 0 Å². The van der Waals surface area contributed by atoms with E-state index in [4.69, 9.17) is 4.74 Å². The smallest absolute Gasteiger partial charge is 0.344 e. The molecule has 5 rings (SSSR count). The van der Waals surface area contributed by atoms with E-state index in [0.717, 1.165) is 36.2 Å². The first-order chi connectivity index (χ1) is 17.1. The number of carbonyl (C=O) groups excluding carboxylic acids is 3. The van der Waals surface area contributed by atoms with Gasteiger partial charge in [0.05, 0.1) is 18.4 Å². The lowest BCUT2D eigenvalue weighted by atomic mass is 9.83. The van der Waals surface area contributed by atoms with Crippen LogP contribution in [0.5, 0.6) is 0 Å². The number of amides is 4. The van der Waals surface area contributed by atoms with Gasteiger partial charge in [0.2, 0.25) is 11.1 Å². The van der Waals surface area contributed by atoms with Crippen LogP contribution in [0.25, 0.3) is 0 Å². The van der Waals surface area contributed by atoms with Gasteiger partial charge in [-0.05, 0) is 34.4 Å². The summed E-state index contributed by atoms with van der Waals surface area (Å²) in [6.07, 6.45) is 1.97. The molecule has 11 nitrogen and oxygen atoms in total.